The minimum Gasteiger partial charge on any atom is -0.495 e. The summed E-state index contributed by atoms with van der Waals surface area (Å²) in [7, 11) is 1.52. The third kappa shape index (κ3) is 3.41. The number of amides is 1. The van der Waals surface area contributed by atoms with Gasteiger partial charge in [-0.15, -0.1) is 0 Å². The SMILES string of the molecule is COc1cc(C2(O)CN(C(=O)OC(C)(C)C)C2)ccc1Cl. The van der Waals surface area contributed by atoms with E-state index in [0.29, 0.717) is 16.3 Å². The van der Waals surface area contributed by atoms with Gasteiger partial charge in [-0.3, -0.25) is 0 Å². The van der Waals surface area contributed by atoms with Crippen LogP contribution in [0.2, 0.25) is 5.02 Å². The predicted molar refractivity (Wildman–Crippen MR) is 79.7 cm³/mol. The Hall–Kier alpha value is -1.46. The Balaban J connectivity index is 2.06. The number of β-amino-alcohol motifs (C(OH)–C–C–N with tert-alkyl or cyclic N) is 1. The van der Waals surface area contributed by atoms with E-state index < -0.39 is 17.3 Å². The van der Waals surface area contributed by atoms with E-state index in [4.69, 9.17) is 21.1 Å². The summed E-state index contributed by atoms with van der Waals surface area (Å²) in [5.74, 6) is 0.498. The zero-order chi connectivity index (χ0) is 15.8. The van der Waals surface area contributed by atoms with Crippen LogP contribution in [0.25, 0.3) is 0 Å². The number of halogens is 1. The number of ether oxygens (including phenoxy) is 2. The lowest BCUT2D eigenvalue weighted by Gasteiger charge is -2.46. The molecule has 1 aliphatic heterocycles. The molecule has 0 aliphatic carbocycles. The Morgan fingerprint density at radius 3 is 2.52 bits per heavy atom. The molecule has 1 heterocycles. The number of carbonyl (C=O) groups is 1. The fourth-order valence-electron chi connectivity index (χ4n) is 2.17. The maximum atomic E-state index is 11.9. The molecule has 5 nitrogen and oxygen atoms in total. The maximum Gasteiger partial charge on any atom is 0.410 e. The number of rotatable bonds is 2. The standard InChI is InChI=1S/C15H20ClNO4/c1-14(2,3)21-13(18)17-8-15(19,9-17)10-5-6-11(16)12(7-10)20-4/h5-7,19H,8-9H2,1-4H3. The molecule has 0 saturated carbocycles. The van der Waals surface area contributed by atoms with Crippen LogP contribution in [0.1, 0.15) is 26.3 Å². The first-order valence-electron chi connectivity index (χ1n) is 6.69. The summed E-state index contributed by atoms with van der Waals surface area (Å²) in [6.45, 7) is 5.79. The van der Waals surface area contributed by atoms with Crippen molar-refractivity contribution in [3.8, 4) is 5.75 Å². The van der Waals surface area contributed by atoms with Gasteiger partial charge in [0.05, 0.1) is 25.2 Å². The third-order valence-electron chi connectivity index (χ3n) is 3.25. The number of hydrogen-bond donors (Lipinski definition) is 1. The van der Waals surface area contributed by atoms with Gasteiger partial charge in [-0.05, 0) is 38.5 Å². The molecule has 0 atom stereocenters. The van der Waals surface area contributed by atoms with E-state index in [0.717, 1.165) is 0 Å². The van der Waals surface area contributed by atoms with Crippen molar-refractivity contribution in [2.24, 2.45) is 0 Å². The lowest BCUT2D eigenvalue weighted by molar-refractivity contribution is -0.103. The first-order chi connectivity index (χ1) is 9.64. The minimum atomic E-state index is -1.09. The topological polar surface area (TPSA) is 59.0 Å². The second-order valence-electron chi connectivity index (χ2n) is 6.22. The highest BCUT2D eigenvalue weighted by Gasteiger charge is 2.46. The van der Waals surface area contributed by atoms with Crippen molar-refractivity contribution < 1.29 is 19.4 Å². The maximum absolute atomic E-state index is 11.9. The molecular formula is C15H20ClNO4. The molecule has 21 heavy (non-hydrogen) atoms. The number of carbonyl (C=O) groups excluding carboxylic acids is 1. The number of benzene rings is 1. The van der Waals surface area contributed by atoms with E-state index in [1.54, 1.807) is 39.0 Å². The highest BCUT2D eigenvalue weighted by molar-refractivity contribution is 6.32. The number of likely N-dealkylation sites (tertiary alicyclic amines) is 1. The van der Waals surface area contributed by atoms with Gasteiger partial charge in [-0.1, -0.05) is 17.7 Å². The molecule has 1 amide bonds. The van der Waals surface area contributed by atoms with Gasteiger partial charge in [-0.2, -0.15) is 0 Å². The van der Waals surface area contributed by atoms with Gasteiger partial charge in [0.15, 0.2) is 0 Å². The van der Waals surface area contributed by atoms with Crippen molar-refractivity contribution in [3.63, 3.8) is 0 Å². The van der Waals surface area contributed by atoms with Crippen LogP contribution in [0.5, 0.6) is 5.75 Å². The van der Waals surface area contributed by atoms with Gasteiger partial charge in [0.2, 0.25) is 0 Å². The highest BCUT2D eigenvalue weighted by Crippen LogP contribution is 2.36. The average Bonchev–Trinajstić information content (AvgIpc) is 2.33. The third-order valence-corrected chi connectivity index (χ3v) is 3.56. The van der Waals surface area contributed by atoms with Crippen molar-refractivity contribution in [1.82, 2.24) is 4.90 Å². The van der Waals surface area contributed by atoms with E-state index in [9.17, 15) is 9.90 Å². The van der Waals surface area contributed by atoms with Crippen LogP contribution in [-0.2, 0) is 10.3 Å². The van der Waals surface area contributed by atoms with Crippen LogP contribution in [0.4, 0.5) is 4.79 Å². The molecular weight excluding hydrogens is 294 g/mol. The van der Waals surface area contributed by atoms with E-state index in [1.807, 2.05) is 0 Å². The molecule has 0 spiro atoms. The van der Waals surface area contributed by atoms with Crippen LogP contribution < -0.4 is 4.74 Å². The molecule has 6 heteroatoms. The molecule has 1 saturated heterocycles. The second kappa shape index (κ2) is 5.39. The number of methoxy groups -OCH3 is 1. The summed E-state index contributed by atoms with van der Waals surface area (Å²) in [6.07, 6.45) is -0.423. The Kier molecular flexibility index (Phi) is 4.08. The van der Waals surface area contributed by atoms with E-state index in [1.165, 1.54) is 12.0 Å². The molecule has 0 radical (unpaired) electrons. The number of nitrogens with zero attached hydrogens (tertiary/aromatic N) is 1. The summed E-state index contributed by atoms with van der Waals surface area (Å²) in [5, 5.41) is 11.0. The van der Waals surface area contributed by atoms with Gasteiger partial charge in [0.1, 0.15) is 17.0 Å². The Morgan fingerprint density at radius 1 is 1.38 bits per heavy atom. The summed E-state index contributed by atoms with van der Waals surface area (Å²) in [5.41, 5.74) is -0.966. The quantitative estimate of drug-likeness (QED) is 0.912. The lowest BCUT2D eigenvalue weighted by atomic mass is 9.86. The molecule has 1 aromatic carbocycles. The van der Waals surface area contributed by atoms with Crippen molar-refractivity contribution in [2.45, 2.75) is 32.0 Å². The largest absolute Gasteiger partial charge is 0.495 e. The second-order valence-corrected chi connectivity index (χ2v) is 6.62. The lowest BCUT2D eigenvalue weighted by Crippen LogP contribution is -2.61. The van der Waals surface area contributed by atoms with Crippen molar-refractivity contribution in [3.05, 3.63) is 28.8 Å². The molecule has 0 unspecified atom stereocenters. The van der Waals surface area contributed by atoms with Crippen molar-refractivity contribution in [1.29, 1.82) is 0 Å². The van der Waals surface area contributed by atoms with Crippen LogP contribution in [0.3, 0.4) is 0 Å². The van der Waals surface area contributed by atoms with Crippen molar-refractivity contribution >= 4 is 17.7 Å². The predicted octanol–water partition coefficient (Wildman–Crippen LogP) is 2.79. The van der Waals surface area contributed by atoms with Crippen LogP contribution in [-0.4, -0.2) is 41.9 Å². The number of hydrogen-bond acceptors (Lipinski definition) is 4. The molecule has 116 valence electrons. The smallest absolute Gasteiger partial charge is 0.410 e. The fourth-order valence-corrected chi connectivity index (χ4v) is 2.37. The van der Waals surface area contributed by atoms with Crippen LogP contribution >= 0.6 is 11.6 Å². The Bertz CT molecular complexity index is 547. The molecule has 1 fully saturated rings. The van der Waals surface area contributed by atoms with E-state index in [2.05, 4.69) is 0 Å². The first kappa shape index (κ1) is 15.9. The van der Waals surface area contributed by atoms with Gasteiger partial charge in [0.25, 0.3) is 0 Å². The summed E-state index contributed by atoms with van der Waals surface area (Å²) >= 11 is 5.97. The average molecular weight is 314 g/mol. The summed E-state index contributed by atoms with van der Waals surface area (Å²) < 4.78 is 10.4. The van der Waals surface area contributed by atoms with Gasteiger partial charge in [-0.25, -0.2) is 4.79 Å². The zero-order valence-corrected chi connectivity index (χ0v) is 13.4. The Labute approximate surface area is 129 Å². The molecule has 1 aromatic rings. The van der Waals surface area contributed by atoms with Crippen molar-refractivity contribution in [2.75, 3.05) is 20.2 Å². The molecule has 0 aromatic heterocycles. The van der Waals surface area contributed by atoms with Gasteiger partial charge < -0.3 is 19.5 Å². The number of aliphatic hydroxyl groups is 1. The molecule has 0 bridgehead atoms. The van der Waals surface area contributed by atoms with E-state index >= 15 is 0 Å². The van der Waals surface area contributed by atoms with Gasteiger partial charge in [0, 0.05) is 0 Å². The summed E-state index contributed by atoms with van der Waals surface area (Å²) in [4.78, 5) is 13.3. The molecule has 1 aliphatic rings. The zero-order valence-electron chi connectivity index (χ0n) is 12.6. The van der Waals surface area contributed by atoms with Crippen LogP contribution in [0, 0.1) is 0 Å². The normalized spacial score (nSPS) is 17.1. The summed E-state index contributed by atoms with van der Waals surface area (Å²) in [6, 6.07) is 5.09. The Morgan fingerprint density at radius 2 is 2.00 bits per heavy atom. The van der Waals surface area contributed by atoms with Crippen LogP contribution in [0.15, 0.2) is 18.2 Å². The molecule has 2 rings (SSSR count). The fraction of sp³-hybridized carbons (Fsp3) is 0.533. The van der Waals surface area contributed by atoms with E-state index in [-0.39, 0.29) is 13.1 Å². The minimum absolute atomic E-state index is 0.187. The van der Waals surface area contributed by atoms with Gasteiger partial charge >= 0.3 is 6.09 Å². The molecule has 1 N–H and O–H groups in total. The monoisotopic (exact) mass is 313 g/mol. The highest BCUT2D eigenvalue weighted by atomic mass is 35.5. The first-order valence-corrected chi connectivity index (χ1v) is 7.07.